The minimum atomic E-state index is -0.479. The fourth-order valence-corrected chi connectivity index (χ4v) is 1.90. The van der Waals surface area contributed by atoms with Crippen molar-refractivity contribution in [3.63, 3.8) is 0 Å². The molecular formula is C11H6Cl2FN. The zero-order chi connectivity index (χ0) is 10.8. The van der Waals surface area contributed by atoms with E-state index >= 15 is 0 Å². The lowest BCUT2D eigenvalue weighted by Crippen LogP contribution is -1.85. The van der Waals surface area contributed by atoms with Crippen molar-refractivity contribution in [3.8, 4) is 11.1 Å². The van der Waals surface area contributed by atoms with Crippen LogP contribution in [0.25, 0.3) is 11.1 Å². The average molecular weight is 242 g/mol. The molecule has 1 nitrogen and oxygen atoms in total. The van der Waals surface area contributed by atoms with E-state index in [2.05, 4.69) is 4.98 Å². The standard InChI is InChI=1S/C11H6Cl2FN/c12-8-1-2-9(14)11(13)10(8)7-3-5-15-6-4-7/h1-6H. The van der Waals surface area contributed by atoms with Crippen LogP contribution in [-0.4, -0.2) is 4.98 Å². The molecule has 0 aliphatic carbocycles. The molecule has 4 heteroatoms. The zero-order valence-corrected chi connectivity index (χ0v) is 9.06. The molecule has 0 aliphatic rings. The quantitative estimate of drug-likeness (QED) is 0.683. The predicted octanol–water partition coefficient (Wildman–Crippen LogP) is 4.19. The molecule has 1 aromatic carbocycles. The summed E-state index contributed by atoms with van der Waals surface area (Å²) in [6.45, 7) is 0. The number of pyridine rings is 1. The minimum Gasteiger partial charge on any atom is -0.265 e. The van der Waals surface area contributed by atoms with E-state index in [1.807, 2.05) is 0 Å². The first-order valence-electron chi connectivity index (χ1n) is 4.24. The highest BCUT2D eigenvalue weighted by Gasteiger charge is 2.12. The van der Waals surface area contributed by atoms with E-state index in [4.69, 9.17) is 23.2 Å². The van der Waals surface area contributed by atoms with Crippen LogP contribution in [0.15, 0.2) is 36.7 Å². The Labute approximate surface area is 96.5 Å². The van der Waals surface area contributed by atoms with E-state index in [-0.39, 0.29) is 5.02 Å². The molecule has 0 amide bonds. The van der Waals surface area contributed by atoms with Crippen molar-refractivity contribution < 1.29 is 4.39 Å². The summed E-state index contributed by atoms with van der Waals surface area (Å²) in [7, 11) is 0. The Kier molecular flexibility index (Phi) is 2.89. The van der Waals surface area contributed by atoms with E-state index in [0.29, 0.717) is 10.6 Å². The maximum atomic E-state index is 13.2. The van der Waals surface area contributed by atoms with Gasteiger partial charge in [-0.3, -0.25) is 4.98 Å². The number of benzene rings is 1. The minimum absolute atomic E-state index is 0.0358. The smallest absolute Gasteiger partial charge is 0.142 e. The maximum absolute atomic E-state index is 13.2. The van der Waals surface area contributed by atoms with Crippen LogP contribution in [0.1, 0.15) is 0 Å². The molecule has 0 saturated heterocycles. The molecule has 0 saturated carbocycles. The molecule has 0 bridgehead atoms. The molecule has 1 heterocycles. The molecule has 1 aromatic heterocycles. The third kappa shape index (κ3) is 1.96. The second-order valence-corrected chi connectivity index (χ2v) is 3.74. The average Bonchev–Trinajstić information content (AvgIpc) is 2.26. The highest BCUT2D eigenvalue weighted by Crippen LogP contribution is 2.35. The van der Waals surface area contributed by atoms with Gasteiger partial charge >= 0.3 is 0 Å². The van der Waals surface area contributed by atoms with Crippen molar-refractivity contribution in [2.24, 2.45) is 0 Å². The topological polar surface area (TPSA) is 12.9 Å². The van der Waals surface area contributed by atoms with Crippen LogP contribution in [-0.2, 0) is 0 Å². The van der Waals surface area contributed by atoms with E-state index in [9.17, 15) is 4.39 Å². The van der Waals surface area contributed by atoms with Gasteiger partial charge in [-0.25, -0.2) is 4.39 Å². The molecular weight excluding hydrogens is 236 g/mol. The van der Waals surface area contributed by atoms with Gasteiger partial charge in [0, 0.05) is 18.0 Å². The first kappa shape index (κ1) is 10.4. The van der Waals surface area contributed by atoms with Crippen molar-refractivity contribution >= 4 is 23.2 Å². The third-order valence-corrected chi connectivity index (χ3v) is 2.70. The monoisotopic (exact) mass is 241 g/mol. The lowest BCUT2D eigenvalue weighted by atomic mass is 10.1. The Morgan fingerprint density at radius 1 is 1.00 bits per heavy atom. The largest absolute Gasteiger partial charge is 0.265 e. The SMILES string of the molecule is Fc1ccc(Cl)c(-c2ccncc2)c1Cl. The van der Waals surface area contributed by atoms with Crippen molar-refractivity contribution in [2.75, 3.05) is 0 Å². The van der Waals surface area contributed by atoms with Gasteiger partial charge in [-0.2, -0.15) is 0 Å². The van der Waals surface area contributed by atoms with Gasteiger partial charge in [0.15, 0.2) is 0 Å². The lowest BCUT2D eigenvalue weighted by Gasteiger charge is -2.07. The van der Waals surface area contributed by atoms with E-state index < -0.39 is 5.82 Å². The van der Waals surface area contributed by atoms with Gasteiger partial charge in [0.05, 0.1) is 10.0 Å². The number of halogens is 3. The Morgan fingerprint density at radius 2 is 1.67 bits per heavy atom. The lowest BCUT2D eigenvalue weighted by molar-refractivity contribution is 0.629. The number of hydrogen-bond donors (Lipinski definition) is 0. The summed E-state index contributed by atoms with van der Waals surface area (Å²) >= 11 is 11.8. The summed E-state index contributed by atoms with van der Waals surface area (Å²) in [5.74, 6) is -0.479. The zero-order valence-electron chi connectivity index (χ0n) is 7.55. The van der Waals surface area contributed by atoms with E-state index in [1.54, 1.807) is 24.5 Å². The summed E-state index contributed by atoms with van der Waals surface area (Å²) in [5.41, 5.74) is 1.25. The Bertz CT molecular complexity index is 485. The van der Waals surface area contributed by atoms with E-state index in [1.165, 1.54) is 12.1 Å². The number of hydrogen-bond acceptors (Lipinski definition) is 1. The van der Waals surface area contributed by atoms with Crippen LogP contribution in [0.2, 0.25) is 10.0 Å². The fraction of sp³-hybridized carbons (Fsp3) is 0. The molecule has 76 valence electrons. The van der Waals surface area contributed by atoms with Crippen LogP contribution in [0, 0.1) is 5.82 Å². The van der Waals surface area contributed by atoms with Crippen LogP contribution in [0.5, 0.6) is 0 Å². The molecule has 0 unspecified atom stereocenters. The molecule has 0 spiro atoms. The van der Waals surface area contributed by atoms with Gasteiger partial charge in [0.1, 0.15) is 5.82 Å². The van der Waals surface area contributed by atoms with E-state index in [0.717, 1.165) is 5.56 Å². The van der Waals surface area contributed by atoms with Gasteiger partial charge in [-0.05, 0) is 29.8 Å². The molecule has 15 heavy (non-hydrogen) atoms. The maximum Gasteiger partial charge on any atom is 0.142 e. The third-order valence-electron chi connectivity index (χ3n) is 2.01. The summed E-state index contributed by atoms with van der Waals surface area (Å²) in [4.78, 5) is 3.87. The Hall–Kier alpha value is -1.12. The molecule has 0 fully saturated rings. The molecule has 0 radical (unpaired) electrons. The van der Waals surface area contributed by atoms with Gasteiger partial charge in [-0.15, -0.1) is 0 Å². The predicted molar refractivity (Wildman–Crippen MR) is 59.7 cm³/mol. The molecule has 2 rings (SSSR count). The fourth-order valence-electron chi connectivity index (χ4n) is 1.31. The normalized spacial score (nSPS) is 10.3. The number of aromatic nitrogens is 1. The Balaban J connectivity index is 2.68. The second-order valence-electron chi connectivity index (χ2n) is 2.95. The van der Waals surface area contributed by atoms with Crippen LogP contribution >= 0.6 is 23.2 Å². The first-order valence-corrected chi connectivity index (χ1v) is 4.99. The molecule has 0 aliphatic heterocycles. The van der Waals surface area contributed by atoms with Crippen molar-refractivity contribution in [2.45, 2.75) is 0 Å². The molecule has 2 aromatic rings. The summed E-state index contributed by atoms with van der Waals surface area (Å²) in [6, 6.07) is 6.19. The van der Waals surface area contributed by atoms with Crippen molar-refractivity contribution in [1.82, 2.24) is 4.98 Å². The Morgan fingerprint density at radius 3 is 2.33 bits per heavy atom. The number of rotatable bonds is 1. The molecule has 0 atom stereocenters. The van der Waals surface area contributed by atoms with Crippen LogP contribution in [0.4, 0.5) is 4.39 Å². The first-order chi connectivity index (χ1) is 7.20. The molecule has 0 N–H and O–H groups in total. The van der Waals surface area contributed by atoms with Gasteiger partial charge < -0.3 is 0 Å². The van der Waals surface area contributed by atoms with Gasteiger partial charge in [-0.1, -0.05) is 23.2 Å². The van der Waals surface area contributed by atoms with Gasteiger partial charge in [0.25, 0.3) is 0 Å². The van der Waals surface area contributed by atoms with Crippen molar-refractivity contribution in [3.05, 3.63) is 52.5 Å². The summed E-state index contributed by atoms with van der Waals surface area (Å²) in [5, 5.41) is 0.460. The highest BCUT2D eigenvalue weighted by atomic mass is 35.5. The highest BCUT2D eigenvalue weighted by molar-refractivity contribution is 6.39. The van der Waals surface area contributed by atoms with Crippen molar-refractivity contribution in [1.29, 1.82) is 0 Å². The van der Waals surface area contributed by atoms with Crippen LogP contribution in [0.3, 0.4) is 0 Å². The second kappa shape index (κ2) is 4.17. The van der Waals surface area contributed by atoms with Gasteiger partial charge in [0.2, 0.25) is 0 Å². The number of nitrogens with zero attached hydrogens (tertiary/aromatic N) is 1. The summed E-state index contributed by atoms with van der Waals surface area (Å²) < 4.78 is 13.2. The van der Waals surface area contributed by atoms with Crippen LogP contribution < -0.4 is 0 Å². The summed E-state index contributed by atoms with van der Waals surface area (Å²) in [6.07, 6.45) is 3.21.